The van der Waals surface area contributed by atoms with Crippen molar-refractivity contribution in [3.05, 3.63) is 47.7 Å². The normalized spacial score (nSPS) is 20.4. The van der Waals surface area contributed by atoms with E-state index in [4.69, 9.17) is 4.74 Å². The van der Waals surface area contributed by atoms with E-state index in [0.717, 1.165) is 30.2 Å². The fourth-order valence-corrected chi connectivity index (χ4v) is 2.97. The Labute approximate surface area is 146 Å². The van der Waals surface area contributed by atoms with Crippen molar-refractivity contribution in [2.24, 2.45) is 0 Å². The lowest BCUT2D eigenvalue weighted by atomic mass is 10.1. The van der Waals surface area contributed by atoms with Gasteiger partial charge in [0, 0.05) is 31.9 Å². The van der Waals surface area contributed by atoms with Crippen molar-refractivity contribution in [1.29, 1.82) is 0 Å². The molecule has 0 unspecified atom stereocenters. The monoisotopic (exact) mass is 339 g/mol. The SMILES string of the molecule is CNc1cccc([C@H]2CN(C(=O)c3cnc(C4CC4)nc3)CCO2)n1. The van der Waals surface area contributed by atoms with Crippen molar-refractivity contribution in [3.63, 3.8) is 0 Å². The number of aromatic nitrogens is 3. The lowest BCUT2D eigenvalue weighted by Gasteiger charge is -2.32. The molecule has 2 aliphatic rings. The molecular weight excluding hydrogens is 318 g/mol. The second-order valence-electron chi connectivity index (χ2n) is 6.41. The molecule has 7 nitrogen and oxygen atoms in total. The van der Waals surface area contributed by atoms with E-state index < -0.39 is 0 Å². The predicted molar refractivity (Wildman–Crippen MR) is 92.4 cm³/mol. The van der Waals surface area contributed by atoms with Crippen LogP contribution >= 0.6 is 0 Å². The summed E-state index contributed by atoms with van der Waals surface area (Å²) in [5.41, 5.74) is 1.35. The number of rotatable bonds is 4. The largest absolute Gasteiger partial charge is 0.373 e. The summed E-state index contributed by atoms with van der Waals surface area (Å²) in [5, 5.41) is 3.02. The molecule has 7 heteroatoms. The highest BCUT2D eigenvalue weighted by Gasteiger charge is 2.29. The molecule has 0 aromatic carbocycles. The predicted octanol–water partition coefficient (Wildman–Crippen LogP) is 2.00. The first kappa shape index (κ1) is 16.0. The van der Waals surface area contributed by atoms with Gasteiger partial charge in [0.05, 0.1) is 24.4 Å². The molecule has 25 heavy (non-hydrogen) atoms. The maximum Gasteiger partial charge on any atom is 0.257 e. The number of morpholine rings is 1. The smallest absolute Gasteiger partial charge is 0.257 e. The van der Waals surface area contributed by atoms with Gasteiger partial charge in [-0.2, -0.15) is 0 Å². The summed E-state index contributed by atoms with van der Waals surface area (Å²) in [4.78, 5) is 27.8. The summed E-state index contributed by atoms with van der Waals surface area (Å²) in [5.74, 6) is 2.07. The van der Waals surface area contributed by atoms with Gasteiger partial charge in [-0.15, -0.1) is 0 Å². The molecule has 1 saturated carbocycles. The number of carbonyl (C=O) groups is 1. The lowest BCUT2D eigenvalue weighted by Crippen LogP contribution is -2.42. The Hall–Kier alpha value is -2.54. The molecule has 2 fully saturated rings. The Kier molecular flexibility index (Phi) is 4.31. The van der Waals surface area contributed by atoms with Gasteiger partial charge in [-0.3, -0.25) is 4.79 Å². The Balaban J connectivity index is 1.47. The summed E-state index contributed by atoms with van der Waals surface area (Å²) in [6.07, 6.45) is 5.37. The molecule has 1 atom stereocenters. The van der Waals surface area contributed by atoms with Gasteiger partial charge >= 0.3 is 0 Å². The number of carbonyl (C=O) groups excluding carboxylic acids is 1. The minimum Gasteiger partial charge on any atom is -0.373 e. The zero-order valence-electron chi connectivity index (χ0n) is 14.2. The molecule has 2 aromatic heterocycles. The van der Waals surface area contributed by atoms with Gasteiger partial charge in [0.25, 0.3) is 5.91 Å². The van der Waals surface area contributed by atoms with Gasteiger partial charge in [0.1, 0.15) is 17.7 Å². The average Bonchev–Trinajstić information content (AvgIpc) is 3.53. The van der Waals surface area contributed by atoms with E-state index in [1.165, 1.54) is 0 Å². The second-order valence-corrected chi connectivity index (χ2v) is 6.41. The number of amides is 1. The van der Waals surface area contributed by atoms with Crippen LogP contribution in [0.4, 0.5) is 5.82 Å². The lowest BCUT2D eigenvalue weighted by molar-refractivity contribution is -0.0247. The van der Waals surface area contributed by atoms with Crippen LogP contribution in [0.1, 0.15) is 46.7 Å². The molecule has 2 aromatic rings. The number of hydrogen-bond donors (Lipinski definition) is 1. The van der Waals surface area contributed by atoms with E-state index in [1.807, 2.05) is 25.2 Å². The molecule has 3 heterocycles. The van der Waals surface area contributed by atoms with E-state index in [9.17, 15) is 4.79 Å². The maximum atomic E-state index is 12.8. The molecule has 1 aliphatic heterocycles. The average molecular weight is 339 g/mol. The van der Waals surface area contributed by atoms with E-state index in [2.05, 4.69) is 20.3 Å². The minimum absolute atomic E-state index is 0.0552. The number of nitrogens with zero attached hydrogens (tertiary/aromatic N) is 4. The zero-order chi connectivity index (χ0) is 17.2. The van der Waals surface area contributed by atoms with Gasteiger partial charge in [-0.05, 0) is 25.0 Å². The van der Waals surface area contributed by atoms with E-state index in [1.54, 1.807) is 17.3 Å². The van der Waals surface area contributed by atoms with Crippen molar-refractivity contribution >= 4 is 11.7 Å². The van der Waals surface area contributed by atoms with Crippen molar-refractivity contribution in [2.45, 2.75) is 24.9 Å². The first-order valence-electron chi connectivity index (χ1n) is 8.62. The maximum absolute atomic E-state index is 12.8. The van der Waals surface area contributed by atoms with Crippen LogP contribution in [0.15, 0.2) is 30.6 Å². The Morgan fingerprint density at radius 2 is 2.08 bits per heavy atom. The minimum atomic E-state index is -0.224. The molecule has 0 radical (unpaired) electrons. The first-order chi connectivity index (χ1) is 12.2. The number of anilines is 1. The van der Waals surface area contributed by atoms with Crippen LogP contribution in [-0.2, 0) is 4.74 Å². The molecule has 0 spiro atoms. The van der Waals surface area contributed by atoms with Gasteiger partial charge in [-0.25, -0.2) is 15.0 Å². The fourth-order valence-electron chi connectivity index (χ4n) is 2.97. The van der Waals surface area contributed by atoms with Crippen molar-refractivity contribution in [1.82, 2.24) is 19.9 Å². The van der Waals surface area contributed by atoms with Crippen LogP contribution in [0.3, 0.4) is 0 Å². The first-order valence-corrected chi connectivity index (χ1v) is 8.62. The fraction of sp³-hybridized carbons (Fsp3) is 0.444. The van der Waals surface area contributed by atoms with Crippen molar-refractivity contribution in [3.8, 4) is 0 Å². The Morgan fingerprint density at radius 1 is 1.28 bits per heavy atom. The van der Waals surface area contributed by atoms with Gasteiger partial charge < -0.3 is 15.0 Å². The van der Waals surface area contributed by atoms with Crippen LogP contribution < -0.4 is 5.32 Å². The van der Waals surface area contributed by atoms with E-state index in [-0.39, 0.29) is 12.0 Å². The highest BCUT2D eigenvalue weighted by atomic mass is 16.5. The molecular formula is C18H21N5O2. The van der Waals surface area contributed by atoms with Crippen LogP contribution in [0.25, 0.3) is 0 Å². The van der Waals surface area contributed by atoms with Crippen LogP contribution in [0, 0.1) is 0 Å². The number of ether oxygens (including phenoxy) is 1. The van der Waals surface area contributed by atoms with E-state index in [0.29, 0.717) is 31.2 Å². The zero-order valence-corrected chi connectivity index (χ0v) is 14.2. The highest BCUT2D eigenvalue weighted by Crippen LogP contribution is 2.37. The molecule has 4 rings (SSSR count). The third kappa shape index (κ3) is 3.46. The summed E-state index contributed by atoms with van der Waals surface area (Å²) in [6.45, 7) is 1.53. The highest BCUT2D eigenvalue weighted by molar-refractivity contribution is 5.93. The van der Waals surface area contributed by atoms with Crippen molar-refractivity contribution in [2.75, 3.05) is 32.1 Å². The summed E-state index contributed by atoms with van der Waals surface area (Å²) >= 11 is 0. The molecule has 1 N–H and O–H groups in total. The van der Waals surface area contributed by atoms with Crippen LogP contribution in [0.5, 0.6) is 0 Å². The standard InChI is InChI=1S/C18H21N5O2/c1-19-16-4-2-3-14(22-16)15-11-23(7-8-25-15)18(24)13-9-20-17(21-10-13)12-5-6-12/h2-4,9-10,12,15H,5-8,11H2,1H3,(H,19,22)/t15-/m1/s1. The topological polar surface area (TPSA) is 80.2 Å². The van der Waals surface area contributed by atoms with Crippen LogP contribution in [-0.4, -0.2) is 52.5 Å². The molecule has 130 valence electrons. The molecule has 1 saturated heterocycles. The third-order valence-electron chi connectivity index (χ3n) is 4.57. The summed E-state index contributed by atoms with van der Waals surface area (Å²) in [6, 6.07) is 5.75. The van der Waals surface area contributed by atoms with Gasteiger partial charge in [-0.1, -0.05) is 6.07 Å². The number of hydrogen-bond acceptors (Lipinski definition) is 6. The summed E-state index contributed by atoms with van der Waals surface area (Å²) < 4.78 is 5.82. The molecule has 1 amide bonds. The van der Waals surface area contributed by atoms with Crippen LogP contribution in [0.2, 0.25) is 0 Å². The number of nitrogens with one attached hydrogen (secondary N) is 1. The Bertz CT molecular complexity index is 760. The number of pyridine rings is 1. The quantitative estimate of drug-likeness (QED) is 0.918. The van der Waals surface area contributed by atoms with Gasteiger partial charge in [0.2, 0.25) is 0 Å². The summed E-state index contributed by atoms with van der Waals surface area (Å²) in [7, 11) is 1.83. The molecule has 1 aliphatic carbocycles. The Morgan fingerprint density at radius 3 is 2.80 bits per heavy atom. The molecule has 0 bridgehead atoms. The van der Waals surface area contributed by atoms with Crippen molar-refractivity contribution < 1.29 is 9.53 Å². The second kappa shape index (κ2) is 6.76. The van der Waals surface area contributed by atoms with Gasteiger partial charge in [0.15, 0.2) is 0 Å². The van der Waals surface area contributed by atoms with E-state index >= 15 is 0 Å². The third-order valence-corrected chi connectivity index (χ3v) is 4.57.